The molecule has 0 aromatic heterocycles. The third-order valence-corrected chi connectivity index (χ3v) is 4.03. The van der Waals surface area contributed by atoms with Crippen LogP contribution < -0.4 is 10.2 Å². The fourth-order valence-electron chi connectivity index (χ4n) is 2.23. The van der Waals surface area contributed by atoms with Crippen LogP contribution in [0.3, 0.4) is 0 Å². The Morgan fingerprint density at radius 2 is 1.81 bits per heavy atom. The summed E-state index contributed by atoms with van der Waals surface area (Å²) in [6.07, 6.45) is 0. The Kier molecular flexibility index (Phi) is 5.83. The third kappa shape index (κ3) is 4.58. The van der Waals surface area contributed by atoms with Gasteiger partial charge in [-0.3, -0.25) is 0 Å². The summed E-state index contributed by atoms with van der Waals surface area (Å²) in [4.78, 5) is 2.19. The van der Waals surface area contributed by atoms with E-state index in [9.17, 15) is 0 Å². The van der Waals surface area contributed by atoms with Crippen LogP contribution in [-0.2, 0) is 6.54 Å². The lowest BCUT2D eigenvalue weighted by atomic mass is 10.1. The molecule has 0 saturated carbocycles. The molecule has 1 N–H and O–H groups in total. The van der Waals surface area contributed by atoms with Crippen LogP contribution >= 0.6 is 15.9 Å². The number of rotatable bonds is 6. The molecule has 0 fully saturated rings. The molecule has 112 valence electrons. The molecule has 0 unspecified atom stereocenters. The molecule has 2 nitrogen and oxygen atoms in total. The Hall–Kier alpha value is -1.32. The van der Waals surface area contributed by atoms with Gasteiger partial charge in [-0.2, -0.15) is 0 Å². The zero-order valence-electron chi connectivity index (χ0n) is 12.9. The number of para-hydroxylation sites is 1. The zero-order valence-corrected chi connectivity index (χ0v) is 14.5. The predicted molar refractivity (Wildman–Crippen MR) is 95.2 cm³/mol. The van der Waals surface area contributed by atoms with Crippen LogP contribution in [0, 0.1) is 5.92 Å². The molecule has 2 aromatic carbocycles. The standard InChI is InChI=1S/C18H23BrN2/c1-14(2)12-20-13-15-9-10-18(17(19)11-15)21(3)16-7-5-4-6-8-16/h4-11,14,20H,12-13H2,1-3H3. The molecule has 0 aliphatic rings. The van der Waals surface area contributed by atoms with Crippen molar-refractivity contribution < 1.29 is 0 Å². The molecule has 0 aliphatic carbocycles. The lowest BCUT2D eigenvalue weighted by Gasteiger charge is -2.21. The maximum atomic E-state index is 3.70. The Bertz CT molecular complexity index is 567. The van der Waals surface area contributed by atoms with E-state index >= 15 is 0 Å². The molecular weight excluding hydrogens is 324 g/mol. The van der Waals surface area contributed by atoms with E-state index in [2.05, 4.69) is 89.5 Å². The van der Waals surface area contributed by atoms with Crippen LogP contribution in [0.4, 0.5) is 11.4 Å². The molecule has 0 radical (unpaired) electrons. The number of hydrogen-bond donors (Lipinski definition) is 1. The average molecular weight is 347 g/mol. The fraction of sp³-hybridized carbons (Fsp3) is 0.333. The van der Waals surface area contributed by atoms with E-state index in [0.717, 1.165) is 17.6 Å². The summed E-state index contributed by atoms with van der Waals surface area (Å²) in [6.45, 7) is 6.40. The fourth-order valence-corrected chi connectivity index (χ4v) is 2.92. The van der Waals surface area contributed by atoms with E-state index in [1.54, 1.807) is 0 Å². The molecule has 0 spiro atoms. The molecule has 0 bridgehead atoms. The molecule has 0 atom stereocenters. The van der Waals surface area contributed by atoms with Gasteiger partial charge in [-0.25, -0.2) is 0 Å². The lowest BCUT2D eigenvalue weighted by molar-refractivity contribution is 0.552. The van der Waals surface area contributed by atoms with Crippen LogP contribution in [0.5, 0.6) is 0 Å². The highest BCUT2D eigenvalue weighted by Gasteiger charge is 2.08. The summed E-state index contributed by atoms with van der Waals surface area (Å²) in [5, 5.41) is 3.47. The molecular formula is C18H23BrN2. The van der Waals surface area contributed by atoms with Crippen molar-refractivity contribution >= 4 is 27.3 Å². The minimum atomic E-state index is 0.678. The van der Waals surface area contributed by atoms with Crippen molar-refractivity contribution in [3.63, 3.8) is 0 Å². The van der Waals surface area contributed by atoms with E-state index < -0.39 is 0 Å². The Morgan fingerprint density at radius 1 is 1.10 bits per heavy atom. The van der Waals surface area contributed by atoms with Crippen molar-refractivity contribution in [3.8, 4) is 0 Å². The van der Waals surface area contributed by atoms with Crippen LogP contribution in [-0.4, -0.2) is 13.6 Å². The number of nitrogens with one attached hydrogen (secondary N) is 1. The summed E-state index contributed by atoms with van der Waals surface area (Å²) in [6, 6.07) is 16.9. The highest BCUT2D eigenvalue weighted by Crippen LogP contribution is 2.31. The summed E-state index contributed by atoms with van der Waals surface area (Å²) in [5.74, 6) is 0.678. The first-order valence-corrected chi connectivity index (χ1v) is 8.15. The van der Waals surface area contributed by atoms with Gasteiger partial charge in [0.15, 0.2) is 0 Å². The average Bonchev–Trinajstić information content (AvgIpc) is 2.47. The van der Waals surface area contributed by atoms with Gasteiger partial charge in [0.05, 0.1) is 5.69 Å². The molecule has 21 heavy (non-hydrogen) atoms. The van der Waals surface area contributed by atoms with Gasteiger partial charge in [0.1, 0.15) is 0 Å². The minimum absolute atomic E-state index is 0.678. The topological polar surface area (TPSA) is 15.3 Å². The molecule has 3 heteroatoms. The first-order chi connectivity index (χ1) is 10.1. The van der Waals surface area contributed by atoms with Crippen molar-refractivity contribution in [2.45, 2.75) is 20.4 Å². The Balaban J connectivity index is 2.08. The van der Waals surface area contributed by atoms with Crippen LogP contribution in [0.2, 0.25) is 0 Å². The van der Waals surface area contributed by atoms with Crippen LogP contribution in [0.25, 0.3) is 0 Å². The number of benzene rings is 2. The number of hydrogen-bond acceptors (Lipinski definition) is 2. The third-order valence-electron chi connectivity index (χ3n) is 3.40. The van der Waals surface area contributed by atoms with Gasteiger partial charge in [-0.15, -0.1) is 0 Å². The molecule has 0 saturated heterocycles. The normalized spacial score (nSPS) is 10.9. The van der Waals surface area contributed by atoms with Gasteiger partial charge >= 0.3 is 0 Å². The molecule has 0 heterocycles. The maximum Gasteiger partial charge on any atom is 0.0552 e. The van der Waals surface area contributed by atoms with Crippen molar-refractivity contribution in [1.82, 2.24) is 5.32 Å². The monoisotopic (exact) mass is 346 g/mol. The molecule has 0 amide bonds. The number of nitrogens with zero attached hydrogens (tertiary/aromatic N) is 1. The summed E-state index contributed by atoms with van der Waals surface area (Å²) >= 11 is 3.70. The highest BCUT2D eigenvalue weighted by molar-refractivity contribution is 9.10. The van der Waals surface area contributed by atoms with E-state index in [0.29, 0.717) is 5.92 Å². The maximum absolute atomic E-state index is 3.70. The largest absolute Gasteiger partial charge is 0.344 e. The number of halogens is 1. The highest BCUT2D eigenvalue weighted by atomic mass is 79.9. The SMILES string of the molecule is CC(C)CNCc1ccc(N(C)c2ccccc2)c(Br)c1. The number of anilines is 2. The second-order valence-electron chi connectivity index (χ2n) is 5.71. The van der Waals surface area contributed by atoms with Gasteiger partial charge in [-0.05, 0) is 58.2 Å². The Labute approximate surface area is 136 Å². The van der Waals surface area contributed by atoms with Crippen molar-refractivity contribution in [3.05, 3.63) is 58.6 Å². The van der Waals surface area contributed by atoms with E-state index in [-0.39, 0.29) is 0 Å². The first-order valence-electron chi connectivity index (χ1n) is 7.36. The summed E-state index contributed by atoms with van der Waals surface area (Å²) < 4.78 is 1.12. The van der Waals surface area contributed by atoms with Gasteiger partial charge < -0.3 is 10.2 Å². The Morgan fingerprint density at radius 3 is 2.43 bits per heavy atom. The molecule has 2 aromatic rings. The lowest BCUT2D eigenvalue weighted by Crippen LogP contribution is -2.19. The molecule has 0 aliphatic heterocycles. The quantitative estimate of drug-likeness (QED) is 0.794. The first kappa shape index (κ1) is 16.1. The second kappa shape index (κ2) is 7.62. The second-order valence-corrected chi connectivity index (χ2v) is 6.56. The summed E-state index contributed by atoms with van der Waals surface area (Å²) in [5.41, 5.74) is 3.66. The predicted octanol–water partition coefficient (Wildman–Crippen LogP) is 4.96. The van der Waals surface area contributed by atoms with E-state index in [4.69, 9.17) is 0 Å². The van der Waals surface area contributed by atoms with Crippen molar-refractivity contribution in [2.75, 3.05) is 18.5 Å². The minimum Gasteiger partial charge on any atom is -0.344 e. The van der Waals surface area contributed by atoms with Gasteiger partial charge in [0, 0.05) is 23.8 Å². The van der Waals surface area contributed by atoms with Gasteiger partial charge in [-0.1, -0.05) is 38.1 Å². The van der Waals surface area contributed by atoms with E-state index in [1.165, 1.54) is 16.9 Å². The molecule has 2 rings (SSSR count). The van der Waals surface area contributed by atoms with Crippen molar-refractivity contribution in [2.24, 2.45) is 5.92 Å². The van der Waals surface area contributed by atoms with Gasteiger partial charge in [0.2, 0.25) is 0 Å². The zero-order chi connectivity index (χ0) is 15.2. The van der Waals surface area contributed by atoms with Crippen LogP contribution in [0.1, 0.15) is 19.4 Å². The summed E-state index contributed by atoms with van der Waals surface area (Å²) in [7, 11) is 2.09. The smallest absolute Gasteiger partial charge is 0.0552 e. The van der Waals surface area contributed by atoms with Crippen LogP contribution in [0.15, 0.2) is 53.0 Å². The van der Waals surface area contributed by atoms with Crippen molar-refractivity contribution in [1.29, 1.82) is 0 Å². The van der Waals surface area contributed by atoms with E-state index in [1.807, 2.05) is 6.07 Å². The van der Waals surface area contributed by atoms with Gasteiger partial charge in [0.25, 0.3) is 0 Å².